The maximum atomic E-state index is 13.7. The first-order chi connectivity index (χ1) is 16.1. The fourth-order valence-corrected chi connectivity index (χ4v) is 4.85. The molecule has 1 aliphatic rings. The molecule has 6 heteroatoms. The van der Waals surface area contributed by atoms with E-state index in [0.29, 0.717) is 26.6 Å². The Bertz CT molecular complexity index is 1480. The van der Waals surface area contributed by atoms with Crippen LogP contribution in [0.1, 0.15) is 59.6 Å². The number of hydrogen-bond acceptors (Lipinski definition) is 3. The van der Waals surface area contributed by atoms with Gasteiger partial charge in [-0.1, -0.05) is 86.4 Å². The molecule has 0 N–H and O–H groups in total. The summed E-state index contributed by atoms with van der Waals surface area (Å²) in [6.07, 6.45) is 0. The predicted octanol–water partition coefficient (Wildman–Crippen LogP) is 7.14. The number of benzene rings is 3. The molecular formula is C28H23Cl2NO3. The van der Waals surface area contributed by atoms with E-state index in [1.807, 2.05) is 42.5 Å². The summed E-state index contributed by atoms with van der Waals surface area (Å²) < 4.78 is 6.00. The molecule has 0 radical (unpaired) electrons. The molecule has 0 saturated heterocycles. The average Bonchev–Trinajstić information content (AvgIpc) is 3.07. The Morgan fingerprint density at radius 2 is 1.65 bits per heavy atom. The topological polar surface area (TPSA) is 50.5 Å². The van der Waals surface area contributed by atoms with Crippen molar-refractivity contribution in [3.8, 4) is 0 Å². The van der Waals surface area contributed by atoms with Gasteiger partial charge in [-0.25, -0.2) is 0 Å². The summed E-state index contributed by atoms with van der Waals surface area (Å²) in [5.41, 5.74) is 3.18. The monoisotopic (exact) mass is 491 g/mol. The van der Waals surface area contributed by atoms with Crippen molar-refractivity contribution in [2.45, 2.75) is 38.8 Å². The summed E-state index contributed by atoms with van der Waals surface area (Å²) in [5.74, 6) is -0.273. The second-order valence-corrected chi connectivity index (χ2v) is 10.5. The third-order valence-corrected chi connectivity index (χ3v) is 6.92. The molecule has 0 saturated carbocycles. The van der Waals surface area contributed by atoms with Gasteiger partial charge in [-0.15, -0.1) is 0 Å². The molecule has 0 bridgehead atoms. The molecule has 2 heterocycles. The van der Waals surface area contributed by atoms with E-state index in [1.54, 1.807) is 29.2 Å². The number of carbonyl (C=O) groups is 1. The molecule has 1 aliphatic heterocycles. The first-order valence-electron chi connectivity index (χ1n) is 11.1. The highest BCUT2D eigenvalue weighted by Gasteiger charge is 2.43. The van der Waals surface area contributed by atoms with Crippen LogP contribution < -0.4 is 5.43 Å². The zero-order chi connectivity index (χ0) is 24.2. The first-order valence-corrected chi connectivity index (χ1v) is 11.8. The maximum Gasteiger partial charge on any atom is 0.291 e. The van der Waals surface area contributed by atoms with Crippen LogP contribution in [0.25, 0.3) is 11.0 Å². The van der Waals surface area contributed by atoms with Gasteiger partial charge in [-0.2, -0.15) is 0 Å². The van der Waals surface area contributed by atoms with Crippen molar-refractivity contribution in [2.75, 3.05) is 0 Å². The molecular weight excluding hydrogens is 469 g/mol. The Morgan fingerprint density at radius 1 is 0.941 bits per heavy atom. The van der Waals surface area contributed by atoms with Gasteiger partial charge in [0.2, 0.25) is 5.76 Å². The van der Waals surface area contributed by atoms with Gasteiger partial charge in [-0.3, -0.25) is 9.59 Å². The van der Waals surface area contributed by atoms with Crippen LogP contribution in [0.15, 0.2) is 75.9 Å². The predicted molar refractivity (Wildman–Crippen MR) is 136 cm³/mol. The summed E-state index contributed by atoms with van der Waals surface area (Å²) in [4.78, 5) is 28.9. The summed E-state index contributed by atoms with van der Waals surface area (Å²) in [6.45, 7) is 6.67. The summed E-state index contributed by atoms with van der Waals surface area (Å²) in [6, 6.07) is 19.7. The molecule has 4 aromatic rings. The van der Waals surface area contributed by atoms with Crippen LogP contribution >= 0.6 is 23.2 Å². The third-order valence-electron chi connectivity index (χ3n) is 6.32. The van der Waals surface area contributed by atoms with Crippen molar-refractivity contribution >= 4 is 40.1 Å². The van der Waals surface area contributed by atoms with Crippen molar-refractivity contribution in [3.05, 3.63) is 115 Å². The highest BCUT2D eigenvalue weighted by atomic mass is 35.5. The van der Waals surface area contributed by atoms with Gasteiger partial charge in [-0.05, 0) is 46.4 Å². The summed E-state index contributed by atoms with van der Waals surface area (Å²) >= 11 is 12.6. The van der Waals surface area contributed by atoms with Crippen LogP contribution in [0.4, 0.5) is 0 Å². The molecule has 3 aromatic carbocycles. The van der Waals surface area contributed by atoms with Crippen molar-refractivity contribution in [2.24, 2.45) is 0 Å². The lowest BCUT2D eigenvalue weighted by Crippen LogP contribution is -2.29. The maximum absolute atomic E-state index is 13.7. The second-order valence-electron chi connectivity index (χ2n) is 9.61. The van der Waals surface area contributed by atoms with E-state index in [9.17, 15) is 9.59 Å². The zero-order valence-corrected chi connectivity index (χ0v) is 20.6. The smallest absolute Gasteiger partial charge is 0.291 e. The first kappa shape index (κ1) is 22.7. The minimum Gasteiger partial charge on any atom is -0.450 e. The highest BCUT2D eigenvalue weighted by Crippen LogP contribution is 2.40. The largest absolute Gasteiger partial charge is 0.450 e. The minimum atomic E-state index is -0.604. The Balaban J connectivity index is 1.71. The minimum absolute atomic E-state index is 0.0227. The molecule has 0 aliphatic carbocycles. The lowest BCUT2D eigenvalue weighted by Gasteiger charge is -2.26. The second kappa shape index (κ2) is 8.30. The van der Waals surface area contributed by atoms with Crippen molar-refractivity contribution in [3.63, 3.8) is 0 Å². The number of hydrogen-bond donors (Lipinski definition) is 0. The van der Waals surface area contributed by atoms with Gasteiger partial charge in [0.15, 0.2) is 5.43 Å². The Kier molecular flexibility index (Phi) is 5.54. The highest BCUT2D eigenvalue weighted by molar-refractivity contribution is 6.31. The SMILES string of the molecule is CC(C)(C)c1ccc(C2c3c(oc4ccc(Cl)cc4c3=O)C(=O)N2Cc2ccccc2Cl)cc1. The molecule has 34 heavy (non-hydrogen) atoms. The Labute approximate surface area is 207 Å². The van der Waals surface area contributed by atoms with Crippen LogP contribution in [0, 0.1) is 0 Å². The molecule has 0 spiro atoms. The van der Waals surface area contributed by atoms with E-state index >= 15 is 0 Å². The lowest BCUT2D eigenvalue weighted by atomic mass is 9.86. The standard InChI is InChI=1S/C28H23Cl2NO3/c1-28(2,3)18-10-8-16(9-11-18)24-23-25(32)20-14-19(29)12-13-22(20)34-26(23)27(33)31(24)15-17-6-4-5-7-21(17)30/h4-14,24H,15H2,1-3H3. The van der Waals surface area contributed by atoms with Gasteiger partial charge in [0.05, 0.1) is 17.0 Å². The number of amides is 1. The normalized spacial score (nSPS) is 15.7. The van der Waals surface area contributed by atoms with Crippen LogP contribution in [0.3, 0.4) is 0 Å². The fourth-order valence-electron chi connectivity index (χ4n) is 4.48. The quantitative estimate of drug-likeness (QED) is 0.305. The van der Waals surface area contributed by atoms with Crippen molar-refractivity contribution < 1.29 is 9.21 Å². The molecule has 1 aromatic heterocycles. The third kappa shape index (κ3) is 3.81. The molecule has 1 amide bonds. The Morgan fingerprint density at radius 3 is 2.32 bits per heavy atom. The molecule has 1 atom stereocenters. The van der Waals surface area contributed by atoms with E-state index < -0.39 is 6.04 Å². The van der Waals surface area contributed by atoms with E-state index in [-0.39, 0.29) is 29.1 Å². The number of nitrogens with zero attached hydrogens (tertiary/aromatic N) is 1. The van der Waals surface area contributed by atoms with Crippen LogP contribution in [-0.4, -0.2) is 10.8 Å². The van der Waals surface area contributed by atoms with Gasteiger partial charge >= 0.3 is 0 Å². The van der Waals surface area contributed by atoms with E-state index in [0.717, 1.165) is 16.7 Å². The average molecular weight is 492 g/mol. The van der Waals surface area contributed by atoms with E-state index in [2.05, 4.69) is 20.8 Å². The van der Waals surface area contributed by atoms with Gasteiger partial charge < -0.3 is 9.32 Å². The molecule has 5 rings (SSSR count). The molecule has 1 unspecified atom stereocenters. The number of fused-ring (bicyclic) bond motifs is 2. The number of rotatable bonds is 3. The van der Waals surface area contributed by atoms with Gasteiger partial charge in [0.25, 0.3) is 5.91 Å². The molecule has 172 valence electrons. The molecule has 0 fully saturated rings. The van der Waals surface area contributed by atoms with Crippen LogP contribution in [-0.2, 0) is 12.0 Å². The van der Waals surface area contributed by atoms with Gasteiger partial charge in [0, 0.05) is 16.6 Å². The van der Waals surface area contributed by atoms with E-state index in [1.165, 1.54) is 0 Å². The van der Waals surface area contributed by atoms with Crippen molar-refractivity contribution in [1.29, 1.82) is 0 Å². The van der Waals surface area contributed by atoms with Crippen LogP contribution in [0.2, 0.25) is 10.0 Å². The zero-order valence-electron chi connectivity index (χ0n) is 19.1. The van der Waals surface area contributed by atoms with E-state index in [4.69, 9.17) is 27.6 Å². The fraction of sp³-hybridized carbons (Fsp3) is 0.214. The Hall–Kier alpha value is -3.08. The van der Waals surface area contributed by atoms with Crippen molar-refractivity contribution in [1.82, 2.24) is 4.90 Å². The van der Waals surface area contributed by atoms with Crippen LogP contribution in [0.5, 0.6) is 0 Å². The number of carbonyl (C=O) groups excluding carboxylic acids is 1. The summed E-state index contributed by atoms with van der Waals surface area (Å²) in [5, 5.41) is 1.35. The number of halogens is 2. The lowest BCUT2D eigenvalue weighted by molar-refractivity contribution is 0.0714. The summed E-state index contributed by atoms with van der Waals surface area (Å²) in [7, 11) is 0. The van der Waals surface area contributed by atoms with Gasteiger partial charge in [0.1, 0.15) is 5.58 Å². The molecule has 4 nitrogen and oxygen atoms in total.